The number of methoxy groups -OCH3 is 1. The number of nitrogens with zero attached hydrogens (tertiary/aromatic N) is 1. The van der Waals surface area contributed by atoms with E-state index in [1.54, 1.807) is 6.92 Å². The van der Waals surface area contributed by atoms with Gasteiger partial charge in [0.25, 0.3) is 11.8 Å². The average Bonchev–Trinajstić information content (AvgIpc) is 3.08. The van der Waals surface area contributed by atoms with E-state index in [0.717, 1.165) is 0 Å². The van der Waals surface area contributed by atoms with Crippen molar-refractivity contribution in [3.8, 4) is 11.5 Å². The van der Waals surface area contributed by atoms with Crippen molar-refractivity contribution in [1.29, 1.82) is 0 Å². The normalized spacial score (nSPS) is 15.2. The number of amides is 3. The predicted molar refractivity (Wildman–Crippen MR) is 129 cm³/mol. The van der Waals surface area contributed by atoms with Crippen molar-refractivity contribution in [2.45, 2.75) is 33.7 Å². The molecule has 3 amide bonds. The molecule has 0 saturated heterocycles. The van der Waals surface area contributed by atoms with Gasteiger partial charge in [-0.1, -0.05) is 26.0 Å². The van der Waals surface area contributed by atoms with Crippen LogP contribution >= 0.6 is 0 Å². The topological polar surface area (TPSA) is 119 Å². The molecule has 0 spiro atoms. The van der Waals surface area contributed by atoms with E-state index in [9.17, 15) is 22.8 Å². The lowest BCUT2D eigenvalue weighted by molar-refractivity contribution is -0.114. The first-order valence-corrected chi connectivity index (χ1v) is 12.3. The Bertz CT molecular complexity index is 1290. The average molecular weight is 494 g/mol. The lowest BCUT2D eigenvalue weighted by Gasteiger charge is -2.27. The smallest absolute Gasteiger partial charge is 0.264 e. The van der Waals surface area contributed by atoms with Crippen LogP contribution in [0.4, 0.5) is 5.69 Å². The van der Waals surface area contributed by atoms with Crippen molar-refractivity contribution in [2.75, 3.05) is 31.0 Å². The van der Waals surface area contributed by atoms with Gasteiger partial charge < -0.3 is 14.8 Å². The number of carbonyl (C=O) groups is 3. The van der Waals surface area contributed by atoms with Gasteiger partial charge in [0.2, 0.25) is 5.91 Å². The second kappa shape index (κ2) is 11.1. The molecule has 0 aliphatic carbocycles. The number of ether oxygens (including phenoxy) is 2. The number of anilines is 1. The molecule has 0 fully saturated rings. The van der Waals surface area contributed by atoms with Crippen LogP contribution in [-0.4, -0.2) is 56.7 Å². The molecule has 0 aromatic heterocycles. The van der Waals surface area contributed by atoms with E-state index in [4.69, 9.17) is 13.6 Å². The highest BCUT2D eigenvalue weighted by atomic mass is 32.2. The highest BCUT2D eigenvalue weighted by molar-refractivity contribution is 7.90. The molecule has 9 nitrogen and oxygen atoms in total. The summed E-state index contributed by atoms with van der Waals surface area (Å²) < 4.78 is 58.5. The molecule has 34 heavy (non-hydrogen) atoms. The number of nitrogens with one attached hydrogen (secondary N) is 1. The summed E-state index contributed by atoms with van der Waals surface area (Å²) in [7, 11) is -3.37. The fraction of sp³-hybridized carbons (Fsp3) is 0.375. The highest BCUT2D eigenvalue weighted by Crippen LogP contribution is 2.38. The zero-order chi connectivity index (χ0) is 28.1. The summed E-state index contributed by atoms with van der Waals surface area (Å²) in [6, 6.07) is 7.08. The Balaban J connectivity index is 0.00000235. The SMILES string of the molecule is CC.[2H]C([2H])([2H])S(=O)(=O)C[C@H](c1ccc(OC)c(OCC)c1)N1C(=O)c2cccc(NC(C)=O)c2C1=O. The van der Waals surface area contributed by atoms with Crippen LogP contribution in [-0.2, 0) is 14.6 Å². The Morgan fingerprint density at radius 3 is 2.44 bits per heavy atom. The van der Waals surface area contributed by atoms with Crippen molar-refractivity contribution in [3.05, 3.63) is 53.1 Å². The molecule has 184 valence electrons. The zero-order valence-corrected chi connectivity index (χ0v) is 20.5. The van der Waals surface area contributed by atoms with Gasteiger partial charge in [-0.25, -0.2) is 8.42 Å². The Kier molecular flexibility index (Phi) is 7.34. The van der Waals surface area contributed by atoms with E-state index in [-0.39, 0.29) is 34.7 Å². The van der Waals surface area contributed by atoms with Crippen LogP contribution in [0.1, 0.15) is 64.1 Å². The largest absolute Gasteiger partial charge is 0.493 e. The second-order valence-electron chi connectivity index (χ2n) is 7.03. The summed E-state index contributed by atoms with van der Waals surface area (Å²) in [6.45, 7) is 7.19. The maximum atomic E-state index is 13.5. The van der Waals surface area contributed by atoms with E-state index in [1.165, 1.54) is 50.4 Å². The number of carbonyl (C=O) groups excluding carboxylic acids is 3. The molecule has 3 rings (SSSR count). The minimum Gasteiger partial charge on any atom is -0.493 e. The standard InChI is InChI=1S/C22H24N2O7S.C2H6/c1-5-31-19-11-14(9-10-18(19)30-3)17(12-32(4,28)29)24-21(26)15-7-6-8-16(23-13(2)25)20(15)22(24)27;1-2/h6-11,17H,5,12H2,1-4H3,(H,23,25);1-2H3/t17-;/m1./s1/i4D3;. The Morgan fingerprint density at radius 1 is 1.15 bits per heavy atom. The molecule has 10 heteroatoms. The monoisotopic (exact) mass is 493 g/mol. The summed E-state index contributed by atoms with van der Waals surface area (Å²) in [5, 5.41) is 2.49. The Labute approximate surface area is 204 Å². The predicted octanol–water partition coefficient (Wildman–Crippen LogP) is 3.46. The van der Waals surface area contributed by atoms with Crippen LogP contribution in [0.5, 0.6) is 11.5 Å². The number of imide groups is 1. The molecule has 0 unspecified atom stereocenters. The summed E-state index contributed by atoms with van der Waals surface area (Å²) in [6.07, 6.45) is -3.37. The van der Waals surface area contributed by atoms with E-state index >= 15 is 0 Å². The third kappa shape index (κ3) is 5.74. The molecule has 0 radical (unpaired) electrons. The van der Waals surface area contributed by atoms with Crippen molar-refractivity contribution < 1.29 is 36.4 Å². The van der Waals surface area contributed by atoms with E-state index in [2.05, 4.69) is 5.32 Å². The fourth-order valence-corrected chi connectivity index (χ4v) is 4.33. The number of sulfone groups is 1. The lowest BCUT2D eigenvalue weighted by Crippen LogP contribution is -2.37. The van der Waals surface area contributed by atoms with Gasteiger partial charge in [-0.05, 0) is 36.8 Å². The molecule has 1 N–H and O–H groups in total. The van der Waals surface area contributed by atoms with Crippen LogP contribution in [0, 0.1) is 0 Å². The van der Waals surface area contributed by atoms with Crippen LogP contribution in [0.3, 0.4) is 0 Å². The summed E-state index contributed by atoms with van der Waals surface area (Å²) in [4.78, 5) is 39.1. The maximum absolute atomic E-state index is 13.5. The quantitative estimate of drug-likeness (QED) is 0.559. The van der Waals surface area contributed by atoms with Gasteiger partial charge >= 0.3 is 0 Å². The molecule has 0 bridgehead atoms. The van der Waals surface area contributed by atoms with Gasteiger partial charge in [-0.2, -0.15) is 0 Å². The van der Waals surface area contributed by atoms with Crippen LogP contribution in [0.15, 0.2) is 36.4 Å². The Morgan fingerprint density at radius 2 is 1.85 bits per heavy atom. The minimum atomic E-state index is -4.77. The van der Waals surface area contributed by atoms with Gasteiger partial charge in [-0.15, -0.1) is 0 Å². The zero-order valence-electron chi connectivity index (χ0n) is 22.7. The van der Waals surface area contributed by atoms with Crippen molar-refractivity contribution in [3.63, 3.8) is 0 Å². The van der Waals surface area contributed by atoms with Crippen LogP contribution in [0.2, 0.25) is 0 Å². The van der Waals surface area contributed by atoms with Gasteiger partial charge in [0.1, 0.15) is 9.84 Å². The molecular weight excluding hydrogens is 460 g/mol. The minimum absolute atomic E-state index is 0.0453. The molecule has 1 heterocycles. The maximum Gasteiger partial charge on any atom is 0.264 e. The first-order valence-electron chi connectivity index (χ1n) is 12.1. The Hall–Kier alpha value is -3.40. The molecule has 2 aromatic carbocycles. The second-order valence-corrected chi connectivity index (χ2v) is 8.59. The number of rotatable bonds is 8. The number of hydrogen-bond donors (Lipinski definition) is 1. The lowest BCUT2D eigenvalue weighted by atomic mass is 10.1. The van der Waals surface area contributed by atoms with Crippen molar-refractivity contribution in [2.24, 2.45) is 0 Å². The van der Waals surface area contributed by atoms with Crippen LogP contribution < -0.4 is 14.8 Å². The number of hydrogen-bond acceptors (Lipinski definition) is 7. The fourth-order valence-electron chi connectivity index (χ4n) is 3.58. The van der Waals surface area contributed by atoms with Gasteiger partial charge in [0, 0.05) is 17.2 Å². The van der Waals surface area contributed by atoms with Crippen molar-refractivity contribution >= 4 is 33.2 Å². The van der Waals surface area contributed by atoms with Gasteiger partial charge in [-0.3, -0.25) is 19.3 Å². The molecular formula is C24H30N2O7S. The molecule has 1 atom stereocenters. The first kappa shape index (κ1) is 22.4. The number of fused-ring (bicyclic) bond motifs is 1. The summed E-state index contributed by atoms with van der Waals surface area (Å²) >= 11 is 0. The first-order chi connectivity index (χ1) is 17.3. The molecule has 1 aliphatic heterocycles. The molecule has 2 aromatic rings. The number of benzene rings is 2. The summed E-state index contributed by atoms with van der Waals surface area (Å²) in [5.41, 5.74) is 0.0780. The van der Waals surface area contributed by atoms with Gasteiger partial charge in [0.15, 0.2) is 11.5 Å². The van der Waals surface area contributed by atoms with Gasteiger partial charge in [0.05, 0.1) is 42.3 Å². The molecule has 1 aliphatic rings. The summed E-state index contributed by atoms with van der Waals surface area (Å²) in [5.74, 6) is -2.68. The third-order valence-electron chi connectivity index (χ3n) is 4.82. The van der Waals surface area contributed by atoms with E-state index in [1.807, 2.05) is 13.8 Å². The molecule has 0 saturated carbocycles. The van der Waals surface area contributed by atoms with Crippen molar-refractivity contribution in [1.82, 2.24) is 4.90 Å². The van der Waals surface area contributed by atoms with E-state index < -0.39 is 45.5 Å². The third-order valence-corrected chi connectivity index (χ3v) is 5.57. The van der Waals surface area contributed by atoms with Crippen LogP contribution in [0.25, 0.3) is 0 Å². The van der Waals surface area contributed by atoms with E-state index in [0.29, 0.717) is 10.6 Å². The highest BCUT2D eigenvalue weighted by Gasteiger charge is 2.43.